The van der Waals surface area contributed by atoms with Crippen LogP contribution in [0.15, 0.2) is 9.59 Å². The van der Waals surface area contributed by atoms with Gasteiger partial charge in [-0.05, 0) is 6.92 Å². The third-order valence-corrected chi connectivity index (χ3v) is 3.78. The van der Waals surface area contributed by atoms with Gasteiger partial charge in [0.2, 0.25) is 0 Å². The average Bonchev–Trinajstić information content (AvgIpc) is 2.72. The summed E-state index contributed by atoms with van der Waals surface area (Å²) >= 11 is 2.05. The highest BCUT2D eigenvalue weighted by atomic mass is 127. The molecule has 2 aromatic rings. The second-order valence-corrected chi connectivity index (χ2v) is 5.07. The molecule has 0 saturated carbocycles. The van der Waals surface area contributed by atoms with E-state index in [2.05, 4.69) is 27.6 Å². The van der Waals surface area contributed by atoms with Crippen LogP contribution in [0.3, 0.4) is 0 Å². The van der Waals surface area contributed by atoms with E-state index >= 15 is 0 Å². The van der Waals surface area contributed by atoms with Gasteiger partial charge in [0.15, 0.2) is 15.0 Å². The number of hydrogen-bond donors (Lipinski definition) is 0. The Hall–Kier alpha value is -1.16. The van der Waals surface area contributed by atoms with Crippen LogP contribution in [0, 0.1) is 3.83 Å². The smallest absolute Gasteiger partial charge is 0.332 e. The van der Waals surface area contributed by atoms with Gasteiger partial charge in [0.25, 0.3) is 5.56 Å². The van der Waals surface area contributed by atoms with E-state index in [0.717, 1.165) is 4.57 Å². The number of nitrogens with zero attached hydrogens (tertiary/aromatic N) is 4. The molecular weight excluding hydrogens is 363 g/mol. The van der Waals surface area contributed by atoms with Crippen LogP contribution in [0.4, 0.5) is 0 Å². The lowest BCUT2D eigenvalue weighted by molar-refractivity contribution is 0.139. The molecule has 0 bridgehead atoms. The van der Waals surface area contributed by atoms with Crippen LogP contribution in [0.1, 0.15) is 6.92 Å². The van der Waals surface area contributed by atoms with Crippen LogP contribution >= 0.6 is 22.6 Å². The Kier molecular flexibility index (Phi) is 4.09. The number of aryl methyl sites for hydroxylation is 1. The van der Waals surface area contributed by atoms with Crippen molar-refractivity contribution in [1.82, 2.24) is 18.7 Å². The number of aromatic nitrogens is 4. The molecule has 0 aromatic carbocycles. The van der Waals surface area contributed by atoms with Crippen LogP contribution in [-0.4, -0.2) is 31.9 Å². The van der Waals surface area contributed by atoms with Gasteiger partial charge in [0, 0.05) is 49.8 Å². The SMILES string of the molecule is CCOCCn1c(I)nc2c(=O)n(C)c(=O)n(C)c21. The van der Waals surface area contributed by atoms with Gasteiger partial charge in [0.05, 0.1) is 6.61 Å². The Balaban J connectivity index is 2.69. The minimum absolute atomic E-state index is 0.311. The third-order valence-electron chi connectivity index (χ3n) is 2.96. The first-order valence-electron chi connectivity index (χ1n) is 5.88. The van der Waals surface area contributed by atoms with Crippen molar-refractivity contribution in [3.05, 3.63) is 24.7 Å². The van der Waals surface area contributed by atoms with Gasteiger partial charge < -0.3 is 9.30 Å². The number of ether oxygens (including phenoxy) is 1. The fourth-order valence-corrected chi connectivity index (χ4v) is 2.67. The summed E-state index contributed by atoms with van der Waals surface area (Å²) < 4.78 is 10.3. The van der Waals surface area contributed by atoms with E-state index < -0.39 is 0 Å². The standard InChI is InChI=1S/C11H15IN4O3/c1-4-19-6-5-16-8-7(13-10(16)12)9(17)15(3)11(18)14(8)2/h4-6H2,1-3H3. The molecule has 2 heterocycles. The fraction of sp³-hybridized carbons (Fsp3) is 0.545. The molecule has 0 amide bonds. The summed E-state index contributed by atoms with van der Waals surface area (Å²) in [5.41, 5.74) is 0.125. The molecule has 2 rings (SSSR count). The lowest BCUT2D eigenvalue weighted by atomic mass is 10.5. The number of hydrogen-bond acceptors (Lipinski definition) is 4. The third kappa shape index (κ3) is 2.34. The highest BCUT2D eigenvalue weighted by molar-refractivity contribution is 14.1. The Morgan fingerprint density at radius 1 is 1.26 bits per heavy atom. The minimum atomic E-state index is -0.369. The van der Waals surface area contributed by atoms with E-state index in [1.165, 1.54) is 11.6 Å². The molecule has 0 atom stereocenters. The van der Waals surface area contributed by atoms with Crippen molar-refractivity contribution in [2.45, 2.75) is 13.5 Å². The van der Waals surface area contributed by atoms with Crippen LogP contribution in [0.5, 0.6) is 0 Å². The minimum Gasteiger partial charge on any atom is -0.380 e. The maximum atomic E-state index is 12.0. The number of fused-ring (bicyclic) bond motifs is 1. The quantitative estimate of drug-likeness (QED) is 0.429. The largest absolute Gasteiger partial charge is 0.380 e. The van der Waals surface area contributed by atoms with Gasteiger partial charge in [-0.2, -0.15) is 0 Å². The molecule has 0 spiro atoms. The molecule has 0 N–H and O–H groups in total. The molecule has 2 aromatic heterocycles. The molecule has 0 unspecified atom stereocenters. The predicted octanol–water partition coefficient (Wildman–Crippen LogP) is 0.0748. The normalized spacial score (nSPS) is 11.4. The van der Waals surface area contributed by atoms with Gasteiger partial charge in [-0.1, -0.05) is 0 Å². The fourth-order valence-electron chi connectivity index (χ4n) is 1.96. The molecule has 0 fully saturated rings. The molecular formula is C11H15IN4O3. The zero-order valence-corrected chi connectivity index (χ0v) is 13.2. The van der Waals surface area contributed by atoms with Gasteiger partial charge in [0.1, 0.15) is 0 Å². The van der Waals surface area contributed by atoms with Crippen molar-refractivity contribution in [3.8, 4) is 0 Å². The number of imidazole rings is 1. The molecule has 19 heavy (non-hydrogen) atoms. The highest BCUT2D eigenvalue weighted by Gasteiger charge is 2.17. The Morgan fingerprint density at radius 2 is 1.95 bits per heavy atom. The maximum absolute atomic E-state index is 12.0. The van der Waals surface area contributed by atoms with E-state index in [1.807, 2.05) is 11.5 Å². The van der Waals surface area contributed by atoms with Gasteiger partial charge >= 0.3 is 5.69 Å². The summed E-state index contributed by atoms with van der Waals surface area (Å²) in [6, 6.07) is 0. The molecule has 7 nitrogen and oxygen atoms in total. The van der Waals surface area contributed by atoms with Crippen molar-refractivity contribution < 1.29 is 4.74 Å². The first-order valence-corrected chi connectivity index (χ1v) is 6.96. The van der Waals surface area contributed by atoms with E-state index in [4.69, 9.17) is 4.74 Å². The monoisotopic (exact) mass is 378 g/mol. The summed E-state index contributed by atoms with van der Waals surface area (Å²) in [4.78, 5) is 28.2. The first-order chi connectivity index (χ1) is 8.99. The molecule has 0 aliphatic rings. The van der Waals surface area contributed by atoms with Crippen LogP contribution in [0.25, 0.3) is 11.2 Å². The Labute approximate surface area is 122 Å². The lowest BCUT2D eigenvalue weighted by Gasteiger charge is -2.09. The summed E-state index contributed by atoms with van der Waals surface area (Å²) in [7, 11) is 3.09. The topological polar surface area (TPSA) is 71.1 Å². The van der Waals surface area contributed by atoms with Crippen molar-refractivity contribution in [1.29, 1.82) is 0 Å². The van der Waals surface area contributed by atoms with Gasteiger partial charge in [-0.25, -0.2) is 9.78 Å². The van der Waals surface area contributed by atoms with E-state index in [1.54, 1.807) is 7.05 Å². The van der Waals surface area contributed by atoms with Crippen molar-refractivity contribution >= 4 is 33.8 Å². The first kappa shape index (κ1) is 14.3. The predicted molar refractivity (Wildman–Crippen MR) is 79.4 cm³/mol. The molecule has 0 saturated heterocycles. The van der Waals surface area contributed by atoms with Crippen LogP contribution in [0.2, 0.25) is 0 Å². The van der Waals surface area contributed by atoms with Crippen molar-refractivity contribution in [2.75, 3.05) is 13.2 Å². The average molecular weight is 378 g/mol. The molecule has 8 heteroatoms. The Morgan fingerprint density at radius 3 is 2.58 bits per heavy atom. The zero-order valence-electron chi connectivity index (χ0n) is 11.0. The van der Waals surface area contributed by atoms with Crippen LogP contribution in [-0.2, 0) is 25.4 Å². The molecule has 104 valence electrons. The number of halogens is 1. The van der Waals surface area contributed by atoms with Crippen LogP contribution < -0.4 is 11.2 Å². The van der Waals surface area contributed by atoms with Crippen molar-refractivity contribution in [3.63, 3.8) is 0 Å². The summed E-state index contributed by atoms with van der Waals surface area (Å²) in [5.74, 6) is 0. The molecule has 0 aliphatic heterocycles. The summed E-state index contributed by atoms with van der Waals surface area (Å²) in [6.45, 7) is 3.62. The van der Waals surface area contributed by atoms with E-state index in [9.17, 15) is 9.59 Å². The van der Waals surface area contributed by atoms with E-state index in [-0.39, 0.29) is 11.2 Å². The zero-order chi connectivity index (χ0) is 14.2. The lowest BCUT2D eigenvalue weighted by Crippen LogP contribution is -2.37. The molecule has 0 aliphatic carbocycles. The number of rotatable bonds is 4. The van der Waals surface area contributed by atoms with Gasteiger partial charge in [-0.15, -0.1) is 0 Å². The maximum Gasteiger partial charge on any atom is 0.332 e. The van der Waals surface area contributed by atoms with E-state index in [0.29, 0.717) is 34.8 Å². The highest BCUT2D eigenvalue weighted by Crippen LogP contribution is 2.12. The second-order valence-electron chi connectivity index (χ2n) is 4.11. The summed E-state index contributed by atoms with van der Waals surface area (Å²) in [5, 5.41) is 0. The molecule has 0 radical (unpaired) electrons. The van der Waals surface area contributed by atoms with Crippen molar-refractivity contribution in [2.24, 2.45) is 14.1 Å². The summed E-state index contributed by atoms with van der Waals surface area (Å²) in [6.07, 6.45) is 0. The van der Waals surface area contributed by atoms with Gasteiger partial charge in [-0.3, -0.25) is 13.9 Å². The Bertz CT molecular complexity index is 728. The second kappa shape index (κ2) is 5.45.